The Morgan fingerprint density at radius 1 is 1.22 bits per heavy atom. The number of aliphatic hydroxyl groups excluding tert-OH is 1. The Morgan fingerprint density at radius 3 is 2.70 bits per heavy atom. The maximum Gasteiger partial charge on any atom is 0.255 e. The third-order valence-corrected chi connectivity index (χ3v) is 5.17. The molecule has 1 fully saturated rings. The number of amides is 1. The number of anilines is 2. The van der Waals surface area contributed by atoms with Crippen LogP contribution in [-0.2, 0) is 0 Å². The number of β-amino-alcohol motifs (C(OH)–C–C–N with tert-alkyl or cyclic N) is 1. The van der Waals surface area contributed by atoms with Gasteiger partial charge in [0.15, 0.2) is 0 Å². The van der Waals surface area contributed by atoms with Crippen LogP contribution in [0.5, 0.6) is 0 Å². The fourth-order valence-electron chi connectivity index (χ4n) is 3.19. The second-order valence-electron chi connectivity index (χ2n) is 6.88. The number of benzene rings is 2. The van der Waals surface area contributed by atoms with Crippen molar-refractivity contribution in [3.8, 4) is 0 Å². The number of rotatable bonds is 3. The fourth-order valence-corrected chi connectivity index (χ4v) is 3.37. The number of halogens is 3. The molecule has 2 aromatic carbocycles. The Morgan fingerprint density at radius 2 is 1.96 bits per heavy atom. The van der Waals surface area contributed by atoms with Crippen molar-refractivity contribution in [2.75, 3.05) is 23.3 Å². The highest BCUT2D eigenvalue weighted by molar-refractivity contribution is 6.31. The standard InChI is InChI=1S/C20H21ClF2N2O2/c1-12-3-2-8-25(11-19(12)26)18-9-13(4-6-17(18)23)20(27)24-14-5-7-16(22)15(21)10-14/h4-7,9-10,12,19,26H,2-3,8,11H2,1H3,(H,24,27)/t12?,19-/m0/s1. The van der Waals surface area contributed by atoms with Crippen LogP contribution in [0.2, 0.25) is 5.02 Å². The van der Waals surface area contributed by atoms with Gasteiger partial charge in [-0.2, -0.15) is 0 Å². The van der Waals surface area contributed by atoms with E-state index < -0.39 is 23.6 Å². The minimum atomic E-state index is -0.576. The summed E-state index contributed by atoms with van der Waals surface area (Å²) in [5.74, 6) is -1.33. The molecule has 1 unspecified atom stereocenters. The zero-order valence-electron chi connectivity index (χ0n) is 14.9. The van der Waals surface area contributed by atoms with E-state index in [-0.39, 0.29) is 22.2 Å². The van der Waals surface area contributed by atoms with E-state index in [1.165, 1.54) is 30.3 Å². The van der Waals surface area contributed by atoms with E-state index in [9.17, 15) is 18.7 Å². The molecule has 4 nitrogen and oxygen atoms in total. The molecule has 1 saturated heterocycles. The molecule has 1 aliphatic rings. The highest BCUT2D eigenvalue weighted by Gasteiger charge is 2.24. The van der Waals surface area contributed by atoms with Crippen LogP contribution in [0.25, 0.3) is 0 Å². The number of aliphatic hydroxyl groups is 1. The lowest BCUT2D eigenvalue weighted by atomic mass is 10.0. The Bertz CT molecular complexity index is 847. The van der Waals surface area contributed by atoms with Gasteiger partial charge in [0.1, 0.15) is 11.6 Å². The van der Waals surface area contributed by atoms with Gasteiger partial charge in [0, 0.05) is 24.3 Å². The van der Waals surface area contributed by atoms with Crippen molar-refractivity contribution in [2.45, 2.75) is 25.9 Å². The maximum absolute atomic E-state index is 14.4. The number of hydrogen-bond acceptors (Lipinski definition) is 3. The summed E-state index contributed by atoms with van der Waals surface area (Å²) in [6.45, 7) is 2.90. The zero-order chi connectivity index (χ0) is 19.6. The smallest absolute Gasteiger partial charge is 0.255 e. The molecule has 144 valence electrons. The van der Waals surface area contributed by atoms with Gasteiger partial charge in [-0.3, -0.25) is 4.79 Å². The van der Waals surface area contributed by atoms with E-state index in [4.69, 9.17) is 11.6 Å². The third kappa shape index (κ3) is 4.57. The highest BCUT2D eigenvalue weighted by atomic mass is 35.5. The van der Waals surface area contributed by atoms with Gasteiger partial charge < -0.3 is 15.3 Å². The molecule has 0 bridgehead atoms. The second kappa shape index (κ2) is 8.23. The van der Waals surface area contributed by atoms with Crippen LogP contribution in [0, 0.1) is 17.6 Å². The van der Waals surface area contributed by atoms with Gasteiger partial charge in [0.25, 0.3) is 5.91 Å². The summed E-state index contributed by atoms with van der Waals surface area (Å²) in [7, 11) is 0. The van der Waals surface area contributed by atoms with E-state index in [1.54, 1.807) is 4.90 Å². The Labute approximate surface area is 161 Å². The lowest BCUT2D eigenvalue weighted by molar-refractivity contribution is 0.102. The van der Waals surface area contributed by atoms with Crippen molar-refractivity contribution < 1.29 is 18.7 Å². The van der Waals surface area contributed by atoms with Crippen molar-refractivity contribution in [2.24, 2.45) is 5.92 Å². The van der Waals surface area contributed by atoms with Crippen molar-refractivity contribution in [1.29, 1.82) is 0 Å². The van der Waals surface area contributed by atoms with E-state index >= 15 is 0 Å². The largest absolute Gasteiger partial charge is 0.391 e. The van der Waals surface area contributed by atoms with E-state index in [2.05, 4.69) is 5.32 Å². The molecule has 1 amide bonds. The van der Waals surface area contributed by atoms with E-state index in [0.29, 0.717) is 18.8 Å². The lowest BCUT2D eigenvalue weighted by Gasteiger charge is -2.26. The molecular weight excluding hydrogens is 374 g/mol. The summed E-state index contributed by atoms with van der Waals surface area (Å²) >= 11 is 5.73. The van der Waals surface area contributed by atoms with Crippen LogP contribution >= 0.6 is 11.6 Å². The molecule has 3 rings (SSSR count). The summed E-state index contributed by atoms with van der Waals surface area (Å²) in [6, 6.07) is 7.97. The molecule has 7 heteroatoms. The molecule has 0 saturated carbocycles. The molecule has 0 spiro atoms. The molecule has 1 heterocycles. The Hall–Kier alpha value is -2.18. The highest BCUT2D eigenvalue weighted by Crippen LogP contribution is 2.27. The fraction of sp³-hybridized carbons (Fsp3) is 0.350. The topological polar surface area (TPSA) is 52.6 Å². The summed E-state index contributed by atoms with van der Waals surface area (Å²) in [5.41, 5.74) is 0.892. The van der Waals surface area contributed by atoms with Crippen molar-refractivity contribution in [3.05, 3.63) is 58.6 Å². The molecule has 0 aliphatic carbocycles. The quantitative estimate of drug-likeness (QED) is 0.807. The first-order valence-corrected chi connectivity index (χ1v) is 9.22. The van der Waals surface area contributed by atoms with Crippen LogP contribution in [0.15, 0.2) is 36.4 Å². The SMILES string of the molecule is CC1CCCN(c2cc(C(=O)Nc3ccc(F)c(Cl)c3)ccc2F)C[C@@H]1O. The summed E-state index contributed by atoms with van der Waals surface area (Å²) in [4.78, 5) is 14.3. The van der Waals surface area contributed by atoms with E-state index in [1.807, 2.05) is 6.92 Å². The van der Waals surface area contributed by atoms with Gasteiger partial charge in [-0.15, -0.1) is 0 Å². The summed E-state index contributed by atoms with van der Waals surface area (Å²) in [5, 5.41) is 12.7. The average Bonchev–Trinajstić information content (AvgIpc) is 2.80. The Kier molecular flexibility index (Phi) is 5.97. The number of nitrogens with one attached hydrogen (secondary N) is 1. The normalized spacial score (nSPS) is 20.3. The second-order valence-corrected chi connectivity index (χ2v) is 7.29. The van der Waals surface area contributed by atoms with Gasteiger partial charge >= 0.3 is 0 Å². The zero-order valence-corrected chi connectivity index (χ0v) is 15.6. The van der Waals surface area contributed by atoms with Crippen molar-refractivity contribution >= 4 is 28.9 Å². The monoisotopic (exact) mass is 394 g/mol. The number of nitrogens with zero attached hydrogens (tertiary/aromatic N) is 1. The van der Waals surface area contributed by atoms with Crippen LogP contribution in [0.3, 0.4) is 0 Å². The van der Waals surface area contributed by atoms with Crippen LogP contribution < -0.4 is 10.2 Å². The molecule has 0 aromatic heterocycles. The summed E-state index contributed by atoms with van der Waals surface area (Å²) in [6.07, 6.45) is 1.15. The molecule has 27 heavy (non-hydrogen) atoms. The number of carbonyl (C=O) groups is 1. The third-order valence-electron chi connectivity index (χ3n) is 4.88. The predicted molar refractivity (Wildman–Crippen MR) is 102 cm³/mol. The summed E-state index contributed by atoms with van der Waals surface area (Å²) < 4.78 is 27.6. The van der Waals surface area contributed by atoms with Crippen LogP contribution in [0.4, 0.5) is 20.2 Å². The van der Waals surface area contributed by atoms with Gasteiger partial charge in [-0.05, 0) is 55.2 Å². The van der Waals surface area contributed by atoms with Crippen molar-refractivity contribution in [3.63, 3.8) is 0 Å². The molecular formula is C20H21ClF2N2O2. The van der Waals surface area contributed by atoms with Crippen LogP contribution in [0.1, 0.15) is 30.1 Å². The average molecular weight is 395 g/mol. The maximum atomic E-state index is 14.4. The van der Waals surface area contributed by atoms with Gasteiger partial charge in [-0.25, -0.2) is 8.78 Å². The predicted octanol–water partition coefficient (Wildman–Crippen LogP) is 4.47. The van der Waals surface area contributed by atoms with Gasteiger partial charge in [0.2, 0.25) is 0 Å². The first kappa shape index (κ1) is 19.6. The molecule has 2 atom stereocenters. The first-order chi connectivity index (χ1) is 12.8. The lowest BCUT2D eigenvalue weighted by Crippen LogP contribution is -2.34. The van der Waals surface area contributed by atoms with Crippen molar-refractivity contribution in [1.82, 2.24) is 0 Å². The Balaban J connectivity index is 1.81. The minimum absolute atomic E-state index is 0.0970. The van der Waals surface area contributed by atoms with Crippen LogP contribution in [-0.4, -0.2) is 30.2 Å². The molecule has 2 aromatic rings. The first-order valence-electron chi connectivity index (χ1n) is 8.84. The molecule has 0 radical (unpaired) electrons. The number of carbonyl (C=O) groups excluding carboxylic acids is 1. The van der Waals surface area contributed by atoms with Gasteiger partial charge in [0.05, 0.1) is 16.8 Å². The molecule has 1 aliphatic heterocycles. The minimum Gasteiger partial charge on any atom is -0.391 e. The van der Waals surface area contributed by atoms with E-state index in [0.717, 1.165) is 18.9 Å². The molecule has 2 N–H and O–H groups in total. The van der Waals surface area contributed by atoms with Gasteiger partial charge in [-0.1, -0.05) is 18.5 Å². The number of hydrogen-bond donors (Lipinski definition) is 2.